The predicted octanol–water partition coefficient (Wildman–Crippen LogP) is 4.83. The summed E-state index contributed by atoms with van der Waals surface area (Å²) in [5, 5.41) is 0. The van der Waals surface area contributed by atoms with Gasteiger partial charge in [0.1, 0.15) is 5.75 Å². The number of ether oxygens (including phenoxy) is 2. The molecule has 2 aromatic carbocycles. The van der Waals surface area contributed by atoms with Crippen LogP contribution in [-0.2, 0) is 4.74 Å². The molecule has 0 N–H and O–H groups in total. The summed E-state index contributed by atoms with van der Waals surface area (Å²) in [6, 6.07) is 15.4. The number of morpholine rings is 1. The first-order chi connectivity index (χ1) is 12.3. The summed E-state index contributed by atoms with van der Waals surface area (Å²) in [7, 11) is 1.75. The third-order valence-corrected chi connectivity index (χ3v) is 6.36. The van der Waals surface area contributed by atoms with E-state index in [0.717, 1.165) is 38.6 Å². The summed E-state index contributed by atoms with van der Waals surface area (Å²) in [6.45, 7) is 5.06. The average Bonchev–Trinajstić information content (AvgIpc) is 2.68. The molecule has 2 aliphatic rings. The van der Waals surface area contributed by atoms with Gasteiger partial charge in [-0.2, -0.15) is 0 Å². The number of methoxy groups -OCH3 is 1. The van der Waals surface area contributed by atoms with Crippen LogP contribution in [0.2, 0.25) is 0 Å². The molecular weight excluding hydrogens is 366 g/mol. The molecule has 0 amide bonds. The molecule has 0 aliphatic carbocycles. The van der Waals surface area contributed by atoms with Crippen LogP contribution in [0.15, 0.2) is 52.3 Å². The fourth-order valence-electron chi connectivity index (χ4n) is 3.82. The van der Waals surface area contributed by atoms with Crippen LogP contribution in [0, 0.1) is 0 Å². The van der Waals surface area contributed by atoms with Crippen molar-refractivity contribution < 1.29 is 9.47 Å². The van der Waals surface area contributed by atoms with E-state index in [0.29, 0.717) is 5.92 Å². The van der Waals surface area contributed by atoms with E-state index in [2.05, 4.69) is 47.4 Å². The van der Waals surface area contributed by atoms with Crippen LogP contribution < -0.4 is 4.74 Å². The van der Waals surface area contributed by atoms with Gasteiger partial charge in [0.2, 0.25) is 0 Å². The molecule has 3 nitrogen and oxygen atoms in total. The molecule has 2 heterocycles. The third kappa shape index (κ3) is 4.20. The molecule has 4 rings (SSSR count). The average molecular weight is 392 g/mol. The zero-order valence-electron chi connectivity index (χ0n) is 15.1. The lowest BCUT2D eigenvalue weighted by atomic mass is 9.86. The van der Waals surface area contributed by atoms with Crippen molar-refractivity contribution in [2.75, 3.05) is 40.0 Å². The second kappa shape index (κ2) is 9.14. The Kier molecular flexibility index (Phi) is 6.87. The Labute approximate surface area is 166 Å². The van der Waals surface area contributed by atoms with E-state index in [1.54, 1.807) is 7.11 Å². The van der Waals surface area contributed by atoms with Gasteiger partial charge in [-0.05, 0) is 54.8 Å². The lowest BCUT2D eigenvalue weighted by Gasteiger charge is -2.30. The normalized spacial score (nSPS) is 19.2. The summed E-state index contributed by atoms with van der Waals surface area (Å²) in [4.78, 5) is 5.30. The van der Waals surface area contributed by atoms with E-state index in [-0.39, 0.29) is 12.4 Å². The Balaban J connectivity index is 0.00000196. The third-order valence-electron chi connectivity index (χ3n) is 5.18. The molecule has 1 saturated heterocycles. The second-order valence-electron chi connectivity index (χ2n) is 6.69. The molecule has 5 heteroatoms. The highest BCUT2D eigenvalue weighted by Gasteiger charge is 2.26. The fraction of sp³-hybridized carbons (Fsp3) is 0.429. The Morgan fingerprint density at radius 3 is 2.65 bits per heavy atom. The zero-order chi connectivity index (χ0) is 17.1. The van der Waals surface area contributed by atoms with Crippen molar-refractivity contribution in [1.82, 2.24) is 4.90 Å². The number of hydrogen-bond donors (Lipinski definition) is 0. The summed E-state index contributed by atoms with van der Waals surface area (Å²) in [5.74, 6) is 1.42. The van der Waals surface area contributed by atoms with Gasteiger partial charge >= 0.3 is 0 Å². The van der Waals surface area contributed by atoms with Crippen molar-refractivity contribution in [3.8, 4) is 5.75 Å². The van der Waals surface area contributed by atoms with Gasteiger partial charge in [-0.3, -0.25) is 4.90 Å². The van der Waals surface area contributed by atoms with Gasteiger partial charge in [-0.1, -0.05) is 30.0 Å². The number of fused-ring (bicyclic) bond motifs is 2. The molecule has 0 aromatic heterocycles. The molecule has 2 aromatic rings. The van der Waals surface area contributed by atoms with Crippen LogP contribution in [0.3, 0.4) is 0 Å². The lowest BCUT2D eigenvalue weighted by molar-refractivity contribution is 0.0370. The van der Waals surface area contributed by atoms with Gasteiger partial charge < -0.3 is 9.47 Å². The summed E-state index contributed by atoms with van der Waals surface area (Å²) in [6.07, 6.45) is 2.38. The maximum absolute atomic E-state index is 5.48. The molecule has 0 bridgehead atoms. The standard InChI is InChI=1S/C21H25NO2S.ClH/c1-23-16-8-9-21-19(15-16)17(18-5-2-3-7-20(18)25-21)6-4-10-22-11-13-24-14-12-22;/h2-3,5,7-9,15,17H,4,6,10-14H2,1H3;1H. The van der Waals surface area contributed by atoms with Crippen molar-refractivity contribution >= 4 is 24.2 Å². The predicted molar refractivity (Wildman–Crippen MR) is 109 cm³/mol. The monoisotopic (exact) mass is 391 g/mol. The molecular formula is C21H26ClNO2S. The van der Waals surface area contributed by atoms with Crippen LogP contribution in [0.25, 0.3) is 0 Å². The molecule has 140 valence electrons. The van der Waals surface area contributed by atoms with Gasteiger partial charge in [0.05, 0.1) is 20.3 Å². The summed E-state index contributed by atoms with van der Waals surface area (Å²) in [5.41, 5.74) is 2.89. The van der Waals surface area contributed by atoms with E-state index >= 15 is 0 Å². The van der Waals surface area contributed by atoms with E-state index in [9.17, 15) is 0 Å². The van der Waals surface area contributed by atoms with E-state index in [4.69, 9.17) is 9.47 Å². The summed E-state index contributed by atoms with van der Waals surface area (Å²) < 4.78 is 10.9. The molecule has 26 heavy (non-hydrogen) atoms. The first-order valence-electron chi connectivity index (χ1n) is 9.10. The highest BCUT2D eigenvalue weighted by Crippen LogP contribution is 2.48. The van der Waals surface area contributed by atoms with Crippen LogP contribution in [0.5, 0.6) is 5.75 Å². The van der Waals surface area contributed by atoms with Crippen molar-refractivity contribution in [1.29, 1.82) is 0 Å². The highest BCUT2D eigenvalue weighted by molar-refractivity contribution is 7.99. The number of benzene rings is 2. The van der Waals surface area contributed by atoms with E-state index in [1.165, 1.54) is 33.8 Å². The van der Waals surface area contributed by atoms with E-state index < -0.39 is 0 Å². The van der Waals surface area contributed by atoms with Gasteiger partial charge in [0.15, 0.2) is 0 Å². The number of hydrogen-bond acceptors (Lipinski definition) is 4. The van der Waals surface area contributed by atoms with E-state index in [1.807, 2.05) is 11.8 Å². The van der Waals surface area contributed by atoms with Crippen molar-refractivity contribution in [3.05, 3.63) is 53.6 Å². The van der Waals surface area contributed by atoms with Crippen molar-refractivity contribution in [3.63, 3.8) is 0 Å². The molecule has 1 atom stereocenters. The molecule has 0 spiro atoms. The maximum Gasteiger partial charge on any atom is 0.119 e. The van der Waals surface area contributed by atoms with Crippen molar-refractivity contribution in [2.24, 2.45) is 0 Å². The van der Waals surface area contributed by atoms with Crippen molar-refractivity contribution in [2.45, 2.75) is 28.6 Å². The minimum absolute atomic E-state index is 0. The molecule has 2 aliphatic heterocycles. The maximum atomic E-state index is 5.48. The first kappa shape index (κ1) is 19.6. The van der Waals surface area contributed by atoms with Crippen LogP contribution >= 0.6 is 24.2 Å². The van der Waals surface area contributed by atoms with Crippen LogP contribution in [0.4, 0.5) is 0 Å². The Bertz CT molecular complexity index is 734. The summed E-state index contributed by atoms with van der Waals surface area (Å²) >= 11 is 1.88. The largest absolute Gasteiger partial charge is 0.497 e. The van der Waals surface area contributed by atoms with Crippen LogP contribution in [-0.4, -0.2) is 44.9 Å². The number of halogens is 1. The highest BCUT2D eigenvalue weighted by atomic mass is 35.5. The van der Waals surface area contributed by atoms with Gasteiger partial charge in [-0.25, -0.2) is 0 Å². The fourth-order valence-corrected chi connectivity index (χ4v) is 4.99. The minimum atomic E-state index is 0. The topological polar surface area (TPSA) is 21.7 Å². The quantitative estimate of drug-likeness (QED) is 0.727. The second-order valence-corrected chi connectivity index (χ2v) is 7.78. The SMILES string of the molecule is COc1ccc2c(c1)C(CCCN1CCOCC1)c1ccccc1S2.Cl. The Hall–Kier alpha value is -1.20. The molecule has 1 fully saturated rings. The molecule has 1 unspecified atom stereocenters. The van der Waals surface area contributed by atoms with Gasteiger partial charge in [-0.15, -0.1) is 12.4 Å². The Morgan fingerprint density at radius 2 is 1.85 bits per heavy atom. The van der Waals surface area contributed by atoms with Gasteiger partial charge in [0.25, 0.3) is 0 Å². The number of rotatable bonds is 5. The van der Waals surface area contributed by atoms with Crippen LogP contribution in [0.1, 0.15) is 29.9 Å². The Morgan fingerprint density at radius 1 is 1.08 bits per heavy atom. The minimum Gasteiger partial charge on any atom is -0.497 e. The smallest absolute Gasteiger partial charge is 0.119 e. The first-order valence-corrected chi connectivity index (χ1v) is 9.91. The molecule has 0 radical (unpaired) electrons. The zero-order valence-corrected chi connectivity index (χ0v) is 16.8. The molecule has 0 saturated carbocycles. The lowest BCUT2D eigenvalue weighted by Crippen LogP contribution is -2.36. The van der Waals surface area contributed by atoms with Gasteiger partial charge in [0, 0.05) is 28.8 Å². The number of nitrogens with zero attached hydrogens (tertiary/aromatic N) is 1.